The summed E-state index contributed by atoms with van der Waals surface area (Å²) >= 11 is 0. The molecule has 0 aliphatic carbocycles. The molecule has 108 valence electrons. The van der Waals surface area contributed by atoms with Crippen LogP contribution in [0, 0.1) is 6.92 Å². The Morgan fingerprint density at radius 3 is 2.42 bits per heavy atom. The van der Waals surface area contributed by atoms with Crippen molar-refractivity contribution in [3.63, 3.8) is 0 Å². The van der Waals surface area contributed by atoms with Gasteiger partial charge in [-0.1, -0.05) is 39.8 Å². The van der Waals surface area contributed by atoms with E-state index in [0.717, 1.165) is 38.2 Å². The first-order valence-electron chi connectivity index (χ1n) is 7.37. The Balaban J connectivity index is 3.15. The summed E-state index contributed by atoms with van der Waals surface area (Å²) in [5.74, 6) is 1.07. The van der Waals surface area contributed by atoms with Crippen molar-refractivity contribution in [2.24, 2.45) is 5.73 Å². The van der Waals surface area contributed by atoms with Crippen LogP contribution in [0.15, 0.2) is 12.1 Å². The van der Waals surface area contributed by atoms with Crippen LogP contribution in [-0.2, 0) is 11.8 Å². The van der Waals surface area contributed by atoms with Gasteiger partial charge in [0.05, 0.1) is 6.61 Å². The molecule has 0 radical (unpaired) electrons. The lowest BCUT2D eigenvalue weighted by atomic mass is 9.83. The van der Waals surface area contributed by atoms with Crippen molar-refractivity contribution in [1.82, 2.24) is 0 Å². The molecule has 0 amide bonds. The maximum Gasteiger partial charge on any atom is 0.125 e. The monoisotopic (exact) mass is 263 g/mol. The Bertz CT molecular complexity index is 404. The van der Waals surface area contributed by atoms with Crippen LogP contribution >= 0.6 is 0 Å². The zero-order chi connectivity index (χ0) is 14.5. The van der Waals surface area contributed by atoms with Crippen molar-refractivity contribution in [2.75, 3.05) is 13.2 Å². The molecular formula is C17H29NO. The largest absolute Gasteiger partial charge is 0.493 e. The zero-order valence-electron chi connectivity index (χ0n) is 13.2. The molecule has 0 saturated carbocycles. The molecule has 2 heteroatoms. The third kappa shape index (κ3) is 4.54. The van der Waals surface area contributed by atoms with Crippen LogP contribution in [-0.4, -0.2) is 13.2 Å². The van der Waals surface area contributed by atoms with Gasteiger partial charge in [0.15, 0.2) is 0 Å². The molecule has 19 heavy (non-hydrogen) atoms. The topological polar surface area (TPSA) is 35.2 Å². The van der Waals surface area contributed by atoms with E-state index in [9.17, 15) is 0 Å². The molecule has 0 spiro atoms. The first kappa shape index (κ1) is 16.0. The van der Waals surface area contributed by atoms with Crippen LogP contribution in [0.3, 0.4) is 0 Å². The fraction of sp³-hybridized carbons (Fsp3) is 0.647. The number of rotatable bonds is 6. The van der Waals surface area contributed by atoms with Crippen molar-refractivity contribution in [3.8, 4) is 5.75 Å². The van der Waals surface area contributed by atoms with E-state index >= 15 is 0 Å². The number of ether oxygens (including phenoxy) is 1. The summed E-state index contributed by atoms with van der Waals surface area (Å²) in [4.78, 5) is 0. The molecule has 0 fully saturated rings. The molecule has 1 aromatic rings. The fourth-order valence-corrected chi connectivity index (χ4v) is 2.25. The molecule has 1 aromatic carbocycles. The number of benzene rings is 1. The molecule has 0 aromatic heterocycles. The molecule has 0 atom stereocenters. The Morgan fingerprint density at radius 2 is 1.89 bits per heavy atom. The van der Waals surface area contributed by atoms with Gasteiger partial charge >= 0.3 is 0 Å². The van der Waals surface area contributed by atoms with E-state index in [0.29, 0.717) is 0 Å². The smallest absolute Gasteiger partial charge is 0.125 e. The van der Waals surface area contributed by atoms with Crippen molar-refractivity contribution in [2.45, 2.75) is 59.3 Å². The highest BCUT2D eigenvalue weighted by atomic mass is 16.5. The summed E-state index contributed by atoms with van der Waals surface area (Å²) in [6.07, 6.45) is 3.13. The van der Waals surface area contributed by atoms with Gasteiger partial charge in [0, 0.05) is 5.56 Å². The molecule has 2 nitrogen and oxygen atoms in total. The minimum Gasteiger partial charge on any atom is -0.493 e. The van der Waals surface area contributed by atoms with Crippen LogP contribution in [0.4, 0.5) is 0 Å². The summed E-state index contributed by atoms with van der Waals surface area (Å²) in [6.45, 7) is 12.5. The standard InChI is InChI=1S/C17H29NO/c1-6-10-19-16-13(2)11-14(8-7-9-18)12-15(16)17(3,4)5/h11-12H,6-10,18H2,1-5H3. The third-order valence-corrected chi connectivity index (χ3v) is 3.26. The second-order valence-corrected chi connectivity index (χ2v) is 6.28. The number of nitrogens with two attached hydrogens (primary N) is 1. The Labute approximate surface area is 118 Å². The van der Waals surface area contributed by atoms with Gasteiger partial charge < -0.3 is 10.5 Å². The van der Waals surface area contributed by atoms with E-state index in [4.69, 9.17) is 10.5 Å². The summed E-state index contributed by atoms with van der Waals surface area (Å²) in [7, 11) is 0. The summed E-state index contributed by atoms with van der Waals surface area (Å²) < 4.78 is 5.98. The first-order chi connectivity index (χ1) is 8.90. The Hall–Kier alpha value is -1.02. The van der Waals surface area contributed by atoms with Crippen LogP contribution in [0.5, 0.6) is 5.75 Å². The lowest BCUT2D eigenvalue weighted by Gasteiger charge is -2.25. The Kier molecular flexibility index (Phi) is 5.86. The van der Waals surface area contributed by atoms with E-state index < -0.39 is 0 Å². The molecule has 0 bridgehead atoms. The fourth-order valence-electron chi connectivity index (χ4n) is 2.25. The molecule has 0 aliphatic rings. The maximum atomic E-state index is 5.98. The summed E-state index contributed by atoms with van der Waals surface area (Å²) in [5, 5.41) is 0. The molecule has 0 heterocycles. The second-order valence-electron chi connectivity index (χ2n) is 6.28. The number of hydrogen-bond donors (Lipinski definition) is 1. The van der Waals surface area contributed by atoms with Crippen LogP contribution < -0.4 is 10.5 Å². The third-order valence-electron chi connectivity index (χ3n) is 3.26. The van der Waals surface area contributed by atoms with Crippen molar-refractivity contribution in [3.05, 3.63) is 28.8 Å². The van der Waals surface area contributed by atoms with Crippen LogP contribution in [0.25, 0.3) is 0 Å². The van der Waals surface area contributed by atoms with E-state index in [1.54, 1.807) is 0 Å². The quantitative estimate of drug-likeness (QED) is 0.842. The highest BCUT2D eigenvalue weighted by Gasteiger charge is 2.21. The predicted octanol–water partition coefficient (Wildman–Crippen LogP) is 3.97. The number of hydrogen-bond acceptors (Lipinski definition) is 2. The highest BCUT2D eigenvalue weighted by molar-refractivity contribution is 5.47. The van der Waals surface area contributed by atoms with Crippen LogP contribution in [0.1, 0.15) is 57.2 Å². The zero-order valence-corrected chi connectivity index (χ0v) is 13.2. The minimum absolute atomic E-state index is 0.104. The summed E-state index contributed by atoms with van der Waals surface area (Å²) in [6, 6.07) is 4.55. The van der Waals surface area contributed by atoms with Gasteiger partial charge in [0.2, 0.25) is 0 Å². The van der Waals surface area contributed by atoms with Crippen LogP contribution in [0.2, 0.25) is 0 Å². The van der Waals surface area contributed by atoms with Crippen molar-refractivity contribution in [1.29, 1.82) is 0 Å². The molecule has 0 unspecified atom stereocenters. The molecule has 0 saturated heterocycles. The van der Waals surface area contributed by atoms with Gasteiger partial charge in [-0.2, -0.15) is 0 Å². The van der Waals surface area contributed by atoms with E-state index in [2.05, 4.69) is 46.8 Å². The lowest BCUT2D eigenvalue weighted by molar-refractivity contribution is 0.306. The molecule has 1 rings (SSSR count). The lowest BCUT2D eigenvalue weighted by Crippen LogP contribution is -2.15. The van der Waals surface area contributed by atoms with Gasteiger partial charge in [-0.3, -0.25) is 0 Å². The molecule has 0 aliphatic heterocycles. The Morgan fingerprint density at radius 1 is 1.21 bits per heavy atom. The van der Waals surface area contributed by atoms with Crippen molar-refractivity contribution >= 4 is 0 Å². The SMILES string of the molecule is CCCOc1c(C)cc(CCCN)cc1C(C)(C)C. The van der Waals surface area contributed by atoms with Gasteiger partial charge in [-0.25, -0.2) is 0 Å². The van der Waals surface area contributed by atoms with Gasteiger partial charge in [0.1, 0.15) is 5.75 Å². The van der Waals surface area contributed by atoms with E-state index in [-0.39, 0.29) is 5.41 Å². The molecular weight excluding hydrogens is 234 g/mol. The minimum atomic E-state index is 0.104. The van der Waals surface area contributed by atoms with E-state index in [1.807, 2.05) is 0 Å². The average molecular weight is 263 g/mol. The van der Waals surface area contributed by atoms with Crippen molar-refractivity contribution < 1.29 is 4.74 Å². The maximum absolute atomic E-state index is 5.98. The highest BCUT2D eigenvalue weighted by Crippen LogP contribution is 2.35. The second kappa shape index (κ2) is 6.95. The summed E-state index contributed by atoms with van der Waals surface area (Å²) in [5.41, 5.74) is 9.64. The molecule has 2 N–H and O–H groups in total. The predicted molar refractivity (Wildman–Crippen MR) is 83.0 cm³/mol. The first-order valence-corrected chi connectivity index (χ1v) is 7.37. The van der Waals surface area contributed by atoms with Gasteiger partial charge in [-0.05, 0) is 49.3 Å². The van der Waals surface area contributed by atoms with E-state index in [1.165, 1.54) is 16.7 Å². The van der Waals surface area contributed by atoms with Gasteiger partial charge in [0.25, 0.3) is 0 Å². The normalized spacial score (nSPS) is 11.7. The van der Waals surface area contributed by atoms with Gasteiger partial charge in [-0.15, -0.1) is 0 Å². The average Bonchev–Trinajstić information content (AvgIpc) is 2.33. The number of aryl methyl sites for hydroxylation is 2.